The van der Waals surface area contributed by atoms with Crippen LogP contribution < -0.4 is 10.2 Å². The summed E-state index contributed by atoms with van der Waals surface area (Å²) < 4.78 is 1.91. The van der Waals surface area contributed by atoms with E-state index < -0.39 is 0 Å². The van der Waals surface area contributed by atoms with E-state index in [-0.39, 0.29) is 5.91 Å². The van der Waals surface area contributed by atoms with Gasteiger partial charge in [-0.3, -0.25) is 9.69 Å². The van der Waals surface area contributed by atoms with Crippen LogP contribution in [0, 0.1) is 27.7 Å². The van der Waals surface area contributed by atoms with Gasteiger partial charge in [-0.15, -0.1) is 0 Å². The number of hydrogen-bond donors (Lipinski definition) is 1. The molecule has 1 aromatic carbocycles. The molecule has 31 heavy (non-hydrogen) atoms. The average Bonchev–Trinajstić information content (AvgIpc) is 3.06. The normalized spacial score (nSPS) is 14.6. The maximum Gasteiger partial charge on any atom is 0.238 e. The predicted molar refractivity (Wildman–Crippen MR) is 124 cm³/mol. The molecule has 1 aliphatic rings. The highest BCUT2D eigenvalue weighted by Crippen LogP contribution is 2.27. The number of hydrogen-bond acceptors (Lipinski definition) is 5. The number of nitrogens with one attached hydrogen (secondary N) is 1. The van der Waals surface area contributed by atoms with Gasteiger partial charge in [0.1, 0.15) is 0 Å². The predicted octanol–water partition coefficient (Wildman–Crippen LogP) is 3.26. The van der Waals surface area contributed by atoms with Gasteiger partial charge in [0.25, 0.3) is 0 Å². The molecule has 0 spiro atoms. The molecule has 0 saturated carbocycles. The van der Waals surface area contributed by atoms with Crippen molar-refractivity contribution in [2.24, 2.45) is 0 Å². The summed E-state index contributed by atoms with van der Waals surface area (Å²) in [5, 5.41) is 7.74. The second-order valence-corrected chi connectivity index (χ2v) is 8.23. The number of pyridine rings is 1. The van der Waals surface area contributed by atoms with E-state index in [1.165, 1.54) is 16.8 Å². The van der Waals surface area contributed by atoms with E-state index in [1.54, 1.807) is 6.20 Å². The molecule has 1 saturated heterocycles. The van der Waals surface area contributed by atoms with Crippen molar-refractivity contribution in [3.05, 3.63) is 65.1 Å². The molecule has 1 fully saturated rings. The summed E-state index contributed by atoms with van der Waals surface area (Å²) in [6, 6.07) is 11.9. The summed E-state index contributed by atoms with van der Waals surface area (Å²) >= 11 is 0. The Morgan fingerprint density at radius 3 is 2.45 bits per heavy atom. The van der Waals surface area contributed by atoms with E-state index in [0.717, 1.165) is 49.1 Å². The zero-order valence-electron chi connectivity index (χ0n) is 18.7. The Labute approximate surface area is 183 Å². The van der Waals surface area contributed by atoms with Gasteiger partial charge in [0.2, 0.25) is 5.91 Å². The van der Waals surface area contributed by atoms with Gasteiger partial charge in [-0.2, -0.15) is 5.10 Å². The minimum absolute atomic E-state index is 0.0343. The molecule has 4 rings (SSSR count). The van der Waals surface area contributed by atoms with E-state index in [2.05, 4.69) is 40.9 Å². The zero-order valence-corrected chi connectivity index (χ0v) is 18.7. The van der Waals surface area contributed by atoms with Crippen molar-refractivity contribution in [3.8, 4) is 5.82 Å². The third-order valence-electron chi connectivity index (χ3n) is 5.97. The molecule has 3 aromatic rings. The number of anilines is 2. The van der Waals surface area contributed by atoms with Crippen molar-refractivity contribution in [2.75, 3.05) is 42.9 Å². The number of rotatable bonds is 5. The second-order valence-electron chi connectivity index (χ2n) is 8.23. The molecule has 0 unspecified atom stereocenters. The Kier molecular flexibility index (Phi) is 6.04. The number of carbonyl (C=O) groups is 1. The highest BCUT2D eigenvalue weighted by Gasteiger charge is 2.24. The number of piperazine rings is 1. The Hall–Kier alpha value is -3.19. The van der Waals surface area contributed by atoms with E-state index in [4.69, 9.17) is 5.10 Å². The van der Waals surface area contributed by atoms with E-state index in [9.17, 15) is 4.79 Å². The second kappa shape index (κ2) is 8.89. The van der Waals surface area contributed by atoms with Crippen LogP contribution in [-0.4, -0.2) is 58.3 Å². The van der Waals surface area contributed by atoms with Crippen LogP contribution in [0.25, 0.3) is 5.82 Å². The Bertz CT molecular complexity index is 1070. The van der Waals surface area contributed by atoms with Gasteiger partial charge >= 0.3 is 0 Å². The zero-order chi connectivity index (χ0) is 22.0. The van der Waals surface area contributed by atoms with Gasteiger partial charge in [0.15, 0.2) is 5.82 Å². The summed E-state index contributed by atoms with van der Waals surface area (Å²) in [5.74, 6) is 0.864. The highest BCUT2D eigenvalue weighted by molar-refractivity contribution is 5.92. The van der Waals surface area contributed by atoms with Crippen molar-refractivity contribution in [1.82, 2.24) is 19.7 Å². The van der Waals surface area contributed by atoms with Crippen LogP contribution in [0.3, 0.4) is 0 Å². The molecule has 1 amide bonds. The standard InChI is InChI=1S/C24H30N6O/c1-17-8-9-21(15-18(17)2)26-23(31)16-28-11-13-29(14-12-28)24-19(3)27-30(20(24)4)22-7-5-6-10-25-22/h5-10,15H,11-14,16H2,1-4H3,(H,26,31). The van der Waals surface area contributed by atoms with E-state index in [1.807, 2.05) is 48.0 Å². The lowest BCUT2D eigenvalue weighted by Crippen LogP contribution is -2.49. The Morgan fingerprint density at radius 2 is 1.77 bits per heavy atom. The summed E-state index contributed by atoms with van der Waals surface area (Å²) in [6.45, 7) is 12.1. The number of aromatic nitrogens is 3. The molecule has 2 aromatic heterocycles. The van der Waals surface area contributed by atoms with Crippen LogP contribution in [0.4, 0.5) is 11.4 Å². The lowest BCUT2D eigenvalue weighted by Gasteiger charge is -2.35. The van der Waals surface area contributed by atoms with Crippen molar-refractivity contribution in [1.29, 1.82) is 0 Å². The third-order valence-corrected chi connectivity index (χ3v) is 5.97. The average molecular weight is 419 g/mol. The van der Waals surface area contributed by atoms with Crippen LogP contribution >= 0.6 is 0 Å². The monoisotopic (exact) mass is 418 g/mol. The first-order valence-corrected chi connectivity index (χ1v) is 10.7. The van der Waals surface area contributed by atoms with Gasteiger partial charge in [-0.25, -0.2) is 9.67 Å². The molecule has 0 bridgehead atoms. The van der Waals surface area contributed by atoms with Gasteiger partial charge < -0.3 is 10.2 Å². The topological polar surface area (TPSA) is 66.3 Å². The smallest absolute Gasteiger partial charge is 0.238 e. The van der Waals surface area contributed by atoms with Crippen molar-refractivity contribution in [2.45, 2.75) is 27.7 Å². The molecule has 0 atom stereocenters. The maximum absolute atomic E-state index is 12.5. The lowest BCUT2D eigenvalue weighted by molar-refractivity contribution is -0.117. The Balaban J connectivity index is 1.36. The van der Waals surface area contributed by atoms with Crippen LogP contribution in [-0.2, 0) is 4.79 Å². The fraction of sp³-hybridized carbons (Fsp3) is 0.375. The maximum atomic E-state index is 12.5. The molecule has 0 aliphatic carbocycles. The van der Waals surface area contributed by atoms with Crippen LogP contribution in [0.2, 0.25) is 0 Å². The molecule has 7 nitrogen and oxygen atoms in total. The minimum atomic E-state index is 0.0343. The van der Waals surface area contributed by atoms with Crippen LogP contribution in [0.5, 0.6) is 0 Å². The number of aryl methyl sites for hydroxylation is 3. The van der Waals surface area contributed by atoms with Crippen molar-refractivity contribution >= 4 is 17.3 Å². The summed E-state index contributed by atoms with van der Waals surface area (Å²) in [7, 11) is 0. The third kappa shape index (κ3) is 4.61. The van der Waals surface area contributed by atoms with Gasteiger partial charge in [-0.05, 0) is 63.1 Å². The first-order valence-electron chi connectivity index (χ1n) is 10.7. The lowest BCUT2D eigenvalue weighted by atomic mass is 10.1. The van der Waals surface area contributed by atoms with Crippen molar-refractivity contribution < 1.29 is 4.79 Å². The van der Waals surface area contributed by atoms with Gasteiger partial charge in [0, 0.05) is 38.1 Å². The molecule has 1 N–H and O–H groups in total. The number of nitrogens with zero attached hydrogens (tertiary/aromatic N) is 5. The molecular formula is C24H30N6O. The number of benzene rings is 1. The van der Waals surface area contributed by atoms with Gasteiger partial charge in [0.05, 0.1) is 23.6 Å². The number of carbonyl (C=O) groups excluding carboxylic acids is 1. The van der Waals surface area contributed by atoms with E-state index >= 15 is 0 Å². The summed E-state index contributed by atoms with van der Waals surface area (Å²) in [4.78, 5) is 21.5. The van der Waals surface area contributed by atoms with Crippen LogP contribution in [0.1, 0.15) is 22.5 Å². The van der Waals surface area contributed by atoms with Crippen LogP contribution in [0.15, 0.2) is 42.6 Å². The SMILES string of the molecule is Cc1ccc(NC(=O)CN2CCN(c3c(C)nn(-c4ccccn4)c3C)CC2)cc1C. The highest BCUT2D eigenvalue weighted by atomic mass is 16.2. The minimum Gasteiger partial charge on any atom is -0.366 e. The molecule has 7 heteroatoms. The largest absolute Gasteiger partial charge is 0.366 e. The summed E-state index contributed by atoms with van der Waals surface area (Å²) in [6.07, 6.45) is 1.78. The quantitative estimate of drug-likeness (QED) is 0.689. The fourth-order valence-corrected chi connectivity index (χ4v) is 4.15. The van der Waals surface area contributed by atoms with E-state index in [0.29, 0.717) is 6.54 Å². The molecule has 0 radical (unpaired) electrons. The molecular weight excluding hydrogens is 388 g/mol. The molecule has 1 aliphatic heterocycles. The van der Waals surface area contributed by atoms with Gasteiger partial charge in [-0.1, -0.05) is 12.1 Å². The first kappa shape index (κ1) is 21.1. The molecule has 3 heterocycles. The Morgan fingerprint density at radius 1 is 1.00 bits per heavy atom. The van der Waals surface area contributed by atoms with Crippen molar-refractivity contribution in [3.63, 3.8) is 0 Å². The fourth-order valence-electron chi connectivity index (χ4n) is 4.15. The summed E-state index contributed by atoms with van der Waals surface area (Å²) in [5.41, 5.74) is 6.54. The first-order chi connectivity index (χ1) is 14.9. The molecule has 162 valence electrons. The number of amides is 1.